The highest BCUT2D eigenvalue weighted by Crippen LogP contribution is 2.40. The largest absolute Gasteiger partial charge is 0.490 e. The van der Waals surface area contributed by atoms with Crippen molar-refractivity contribution in [1.82, 2.24) is 14.8 Å². The third kappa shape index (κ3) is 6.58. The summed E-state index contributed by atoms with van der Waals surface area (Å²) in [6.07, 6.45) is 0. The number of nitro groups is 1. The Kier molecular flexibility index (Phi) is 8.62. The zero-order valence-electron chi connectivity index (χ0n) is 20.1. The van der Waals surface area contributed by atoms with Crippen molar-refractivity contribution in [3.8, 4) is 17.2 Å². The molecule has 0 N–H and O–H groups in total. The van der Waals surface area contributed by atoms with Crippen molar-refractivity contribution in [1.29, 1.82) is 0 Å². The van der Waals surface area contributed by atoms with Gasteiger partial charge in [0.05, 0.1) is 6.61 Å². The van der Waals surface area contributed by atoms with Crippen molar-refractivity contribution in [2.75, 3.05) is 13.2 Å². The first-order chi connectivity index (χ1) is 17.9. The van der Waals surface area contributed by atoms with Gasteiger partial charge in [-0.3, -0.25) is 14.7 Å². The molecule has 0 saturated heterocycles. The van der Waals surface area contributed by atoms with E-state index in [1.165, 1.54) is 23.9 Å². The van der Waals surface area contributed by atoms with Gasteiger partial charge in [-0.2, -0.15) is 0 Å². The van der Waals surface area contributed by atoms with Crippen molar-refractivity contribution in [2.45, 2.75) is 30.9 Å². The van der Waals surface area contributed by atoms with Crippen molar-refractivity contribution in [3.63, 3.8) is 0 Å². The minimum absolute atomic E-state index is 0.242. The Morgan fingerprint density at radius 2 is 1.84 bits per heavy atom. The average Bonchev–Trinajstić information content (AvgIpc) is 3.24. The number of aromatic nitrogens is 3. The molecule has 3 aromatic carbocycles. The van der Waals surface area contributed by atoms with E-state index in [1.54, 1.807) is 47.9 Å². The van der Waals surface area contributed by atoms with Crippen LogP contribution in [0.4, 0.5) is 4.39 Å². The number of nitrogens with zero attached hydrogens (tertiary/aromatic N) is 4. The van der Waals surface area contributed by atoms with Crippen LogP contribution in [-0.4, -0.2) is 32.8 Å². The van der Waals surface area contributed by atoms with Gasteiger partial charge in [-0.1, -0.05) is 47.6 Å². The fourth-order valence-corrected chi connectivity index (χ4v) is 5.02. The zero-order valence-corrected chi connectivity index (χ0v) is 21.7. The summed E-state index contributed by atoms with van der Waals surface area (Å²) < 4.78 is 27.0. The standard InChI is InChI=1S/C26H24ClFN4O4S/c1-3-35-24-14-18(8-13-23(24)36-16-19-6-4-5-7-22(19)27)25(15-31(33)34)37-26-30-29-17(2)32(26)21-11-9-20(28)10-12-21/h4-14,25H,3,15-16H2,1-2H3/t25-/m1/s1. The Labute approximate surface area is 222 Å². The van der Waals surface area contributed by atoms with Crippen molar-refractivity contribution < 1.29 is 18.8 Å². The SMILES string of the molecule is CCOc1cc([C@@H](C[N+](=O)[O-])Sc2nnc(C)n2-c2ccc(F)cc2)ccc1OCc1ccccc1Cl. The molecule has 1 atom stereocenters. The molecule has 0 aliphatic rings. The van der Waals surface area contributed by atoms with E-state index in [0.717, 1.165) is 5.56 Å². The summed E-state index contributed by atoms with van der Waals surface area (Å²) in [6, 6.07) is 18.5. The Balaban J connectivity index is 1.63. The lowest BCUT2D eigenvalue weighted by Crippen LogP contribution is -2.12. The van der Waals surface area contributed by atoms with E-state index in [1.807, 2.05) is 25.1 Å². The zero-order chi connectivity index (χ0) is 26.4. The van der Waals surface area contributed by atoms with Crippen LogP contribution in [0.1, 0.15) is 29.1 Å². The van der Waals surface area contributed by atoms with E-state index in [4.69, 9.17) is 21.1 Å². The average molecular weight is 543 g/mol. The summed E-state index contributed by atoms with van der Waals surface area (Å²) in [5.74, 6) is 1.18. The maximum absolute atomic E-state index is 13.5. The molecule has 0 aliphatic heterocycles. The maximum Gasteiger partial charge on any atom is 0.220 e. The van der Waals surface area contributed by atoms with Gasteiger partial charge in [0, 0.05) is 21.2 Å². The Morgan fingerprint density at radius 1 is 1.08 bits per heavy atom. The van der Waals surface area contributed by atoms with Gasteiger partial charge in [0.2, 0.25) is 6.54 Å². The molecule has 192 valence electrons. The smallest absolute Gasteiger partial charge is 0.220 e. The number of aryl methyl sites for hydroxylation is 1. The van der Waals surface area contributed by atoms with Crippen LogP contribution in [-0.2, 0) is 6.61 Å². The molecule has 37 heavy (non-hydrogen) atoms. The molecule has 11 heteroatoms. The molecular weight excluding hydrogens is 519 g/mol. The molecule has 1 heterocycles. The summed E-state index contributed by atoms with van der Waals surface area (Å²) in [5.41, 5.74) is 2.15. The van der Waals surface area contributed by atoms with Crippen LogP contribution < -0.4 is 9.47 Å². The van der Waals surface area contributed by atoms with Gasteiger partial charge in [0.15, 0.2) is 16.7 Å². The summed E-state index contributed by atoms with van der Waals surface area (Å²) in [7, 11) is 0. The number of rotatable bonds is 11. The van der Waals surface area contributed by atoms with Crippen LogP contribution >= 0.6 is 23.4 Å². The summed E-state index contributed by atoms with van der Waals surface area (Å²) >= 11 is 7.44. The molecule has 0 amide bonds. The minimum atomic E-state index is -0.602. The van der Waals surface area contributed by atoms with Crippen LogP contribution in [0.2, 0.25) is 5.02 Å². The van der Waals surface area contributed by atoms with E-state index in [2.05, 4.69) is 10.2 Å². The topological polar surface area (TPSA) is 92.3 Å². The van der Waals surface area contributed by atoms with Crippen LogP contribution in [0.25, 0.3) is 5.69 Å². The van der Waals surface area contributed by atoms with Gasteiger partial charge < -0.3 is 9.47 Å². The second-order valence-electron chi connectivity index (χ2n) is 7.98. The van der Waals surface area contributed by atoms with Crippen molar-refractivity contribution in [3.05, 3.63) is 105 Å². The lowest BCUT2D eigenvalue weighted by molar-refractivity contribution is -0.479. The van der Waals surface area contributed by atoms with Gasteiger partial charge >= 0.3 is 0 Å². The van der Waals surface area contributed by atoms with Crippen molar-refractivity contribution >= 4 is 23.4 Å². The molecule has 0 bridgehead atoms. The van der Waals surface area contributed by atoms with E-state index in [0.29, 0.717) is 45.4 Å². The quantitative estimate of drug-likeness (QED) is 0.122. The number of hydrogen-bond acceptors (Lipinski definition) is 7. The predicted octanol–water partition coefficient (Wildman–Crippen LogP) is 6.46. The second kappa shape index (κ2) is 12.1. The van der Waals surface area contributed by atoms with Gasteiger partial charge in [0.1, 0.15) is 23.5 Å². The molecule has 8 nitrogen and oxygen atoms in total. The highest BCUT2D eigenvalue weighted by atomic mass is 35.5. The highest BCUT2D eigenvalue weighted by Gasteiger charge is 2.25. The Hall–Kier alpha value is -3.63. The lowest BCUT2D eigenvalue weighted by Gasteiger charge is -2.17. The Morgan fingerprint density at radius 3 is 2.54 bits per heavy atom. The minimum Gasteiger partial charge on any atom is -0.490 e. The first-order valence-electron chi connectivity index (χ1n) is 11.4. The molecule has 4 aromatic rings. The summed E-state index contributed by atoms with van der Waals surface area (Å²) in [6.45, 7) is 3.89. The van der Waals surface area contributed by atoms with Gasteiger partial charge in [0.25, 0.3) is 0 Å². The summed E-state index contributed by atoms with van der Waals surface area (Å²) in [4.78, 5) is 11.2. The van der Waals surface area contributed by atoms with E-state index >= 15 is 0 Å². The highest BCUT2D eigenvalue weighted by molar-refractivity contribution is 7.99. The van der Waals surface area contributed by atoms with Crippen LogP contribution in [0.3, 0.4) is 0 Å². The maximum atomic E-state index is 13.5. The first kappa shape index (κ1) is 26.4. The molecule has 0 radical (unpaired) electrons. The molecule has 0 saturated carbocycles. The van der Waals surface area contributed by atoms with Crippen LogP contribution in [0.5, 0.6) is 11.5 Å². The first-order valence-corrected chi connectivity index (χ1v) is 12.7. The second-order valence-corrected chi connectivity index (χ2v) is 9.56. The van der Waals surface area contributed by atoms with Crippen LogP contribution in [0, 0.1) is 22.9 Å². The van der Waals surface area contributed by atoms with Gasteiger partial charge in [-0.15, -0.1) is 10.2 Å². The molecule has 0 unspecified atom stereocenters. The molecule has 4 rings (SSSR count). The van der Waals surface area contributed by atoms with Gasteiger partial charge in [-0.05, 0) is 61.9 Å². The molecule has 1 aromatic heterocycles. The number of benzene rings is 3. The molecule has 0 fully saturated rings. The lowest BCUT2D eigenvalue weighted by atomic mass is 10.1. The normalized spacial score (nSPS) is 11.8. The number of ether oxygens (including phenoxy) is 2. The third-order valence-corrected chi connectivity index (χ3v) is 6.97. The summed E-state index contributed by atoms with van der Waals surface area (Å²) in [5, 5.41) is 20.4. The number of thioether (sulfide) groups is 1. The monoisotopic (exact) mass is 542 g/mol. The van der Waals surface area contributed by atoms with E-state index < -0.39 is 5.25 Å². The number of halogens is 2. The Bertz CT molecular complexity index is 1380. The third-order valence-electron chi connectivity index (χ3n) is 5.42. The fraction of sp³-hybridized carbons (Fsp3) is 0.231. The van der Waals surface area contributed by atoms with E-state index in [9.17, 15) is 14.5 Å². The van der Waals surface area contributed by atoms with Crippen molar-refractivity contribution in [2.24, 2.45) is 0 Å². The number of hydrogen-bond donors (Lipinski definition) is 0. The van der Waals surface area contributed by atoms with Gasteiger partial charge in [-0.25, -0.2) is 4.39 Å². The van der Waals surface area contributed by atoms with Crippen LogP contribution in [0.15, 0.2) is 71.9 Å². The molecule has 0 aliphatic carbocycles. The molecule has 0 spiro atoms. The molecular formula is C26H24ClFN4O4S. The van der Waals surface area contributed by atoms with E-state index in [-0.39, 0.29) is 23.9 Å². The predicted molar refractivity (Wildman–Crippen MR) is 140 cm³/mol. The fourth-order valence-electron chi connectivity index (χ4n) is 3.66.